The molecule has 2 amide bonds. The van der Waals surface area contributed by atoms with E-state index in [1.807, 2.05) is 0 Å². The number of piperidine rings is 1. The van der Waals surface area contributed by atoms with Gasteiger partial charge in [-0.3, -0.25) is 14.9 Å². The zero-order chi connectivity index (χ0) is 19.2. The van der Waals surface area contributed by atoms with Crippen molar-refractivity contribution in [2.75, 3.05) is 27.2 Å². The van der Waals surface area contributed by atoms with Gasteiger partial charge in [-0.05, 0) is 19.8 Å². The van der Waals surface area contributed by atoms with Gasteiger partial charge in [-0.25, -0.2) is 4.98 Å². The molecule has 4 heterocycles. The normalized spacial score (nSPS) is 21.1. The predicted octanol–water partition coefficient (Wildman–Crippen LogP) is 0.440. The third kappa shape index (κ3) is 3.01. The molecular weight excluding hydrogens is 348 g/mol. The molecule has 2 aromatic heterocycles. The molecular formula is C18H24N6O3. The molecule has 2 aromatic rings. The van der Waals surface area contributed by atoms with Crippen molar-refractivity contribution in [3.05, 3.63) is 35.2 Å². The van der Waals surface area contributed by atoms with E-state index in [1.165, 1.54) is 0 Å². The highest BCUT2D eigenvalue weighted by atomic mass is 16.5. The Kier molecular flexibility index (Phi) is 4.26. The van der Waals surface area contributed by atoms with Gasteiger partial charge in [-0.15, -0.1) is 0 Å². The zero-order valence-electron chi connectivity index (χ0n) is 15.8. The molecule has 1 spiro atoms. The number of likely N-dealkylation sites (tertiary alicyclic amines) is 1. The number of imidazole rings is 1. The first-order chi connectivity index (χ1) is 12.9. The van der Waals surface area contributed by atoms with E-state index in [-0.39, 0.29) is 17.9 Å². The van der Waals surface area contributed by atoms with Crippen LogP contribution in [0.25, 0.3) is 0 Å². The Hall–Kier alpha value is -2.68. The van der Waals surface area contributed by atoms with E-state index in [0.29, 0.717) is 43.8 Å². The Labute approximate surface area is 157 Å². The fraction of sp³-hybridized carbons (Fsp3) is 0.556. The van der Waals surface area contributed by atoms with Crippen molar-refractivity contribution >= 4 is 11.8 Å². The number of nitrogens with one attached hydrogen (secondary N) is 2. The summed E-state index contributed by atoms with van der Waals surface area (Å²) in [5.41, 5.74) is 1.90. The summed E-state index contributed by atoms with van der Waals surface area (Å²) in [4.78, 5) is 36.3. The number of aromatic amines is 1. The van der Waals surface area contributed by atoms with Crippen LogP contribution in [-0.4, -0.2) is 70.0 Å². The first-order valence-electron chi connectivity index (χ1n) is 9.14. The predicted molar refractivity (Wildman–Crippen MR) is 96.0 cm³/mol. The number of hydrogen-bond donors (Lipinski definition) is 2. The summed E-state index contributed by atoms with van der Waals surface area (Å²) in [7, 11) is 3.53. The molecule has 144 valence electrons. The number of hydrogen-bond acceptors (Lipinski definition) is 6. The molecule has 1 atom stereocenters. The van der Waals surface area contributed by atoms with E-state index >= 15 is 0 Å². The molecule has 0 aliphatic carbocycles. The number of H-pyrrole nitrogens is 1. The first kappa shape index (κ1) is 17.7. The summed E-state index contributed by atoms with van der Waals surface area (Å²) in [6, 6.07) is 1.36. The third-order valence-corrected chi connectivity index (χ3v) is 5.52. The van der Waals surface area contributed by atoms with Crippen molar-refractivity contribution in [2.24, 2.45) is 0 Å². The van der Waals surface area contributed by atoms with E-state index in [4.69, 9.17) is 4.52 Å². The molecule has 0 aromatic carbocycles. The summed E-state index contributed by atoms with van der Waals surface area (Å²) < 4.78 is 5.02. The number of carbonyl (C=O) groups excluding carboxylic acids is 2. The van der Waals surface area contributed by atoms with Crippen LogP contribution < -0.4 is 5.32 Å². The third-order valence-electron chi connectivity index (χ3n) is 5.52. The van der Waals surface area contributed by atoms with Crippen molar-refractivity contribution in [1.29, 1.82) is 0 Å². The molecule has 9 heteroatoms. The lowest BCUT2D eigenvalue weighted by molar-refractivity contribution is -0.132. The maximum Gasteiger partial charge on any atom is 0.276 e. The quantitative estimate of drug-likeness (QED) is 0.792. The van der Waals surface area contributed by atoms with E-state index in [1.54, 1.807) is 43.2 Å². The highest BCUT2D eigenvalue weighted by Gasteiger charge is 2.46. The van der Waals surface area contributed by atoms with Gasteiger partial charge in [0.25, 0.3) is 5.91 Å². The monoisotopic (exact) mass is 372 g/mol. The zero-order valence-corrected chi connectivity index (χ0v) is 15.8. The van der Waals surface area contributed by atoms with Gasteiger partial charge in [-0.2, -0.15) is 0 Å². The maximum atomic E-state index is 12.6. The lowest BCUT2D eigenvalue weighted by Gasteiger charge is -2.46. The lowest BCUT2D eigenvalue weighted by atomic mass is 9.78. The summed E-state index contributed by atoms with van der Waals surface area (Å²) in [6.45, 7) is 2.89. The van der Waals surface area contributed by atoms with Crippen LogP contribution in [0.15, 0.2) is 16.9 Å². The second kappa shape index (κ2) is 6.49. The van der Waals surface area contributed by atoms with E-state index < -0.39 is 5.54 Å². The minimum Gasteiger partial charge on any atom is -0.361 e. The van der Waals surface area contributed by atoms with Crippen molar-refractivity contribution in [1.82, 2.24) is 30.2 Å². The summed E-state index contributed by atoms with van der Waals surface area (Å²) >= 11 is 0. The van der Waals surface area contributed by atoms with Crippen molar-refractivity contribution in [2.45, 2.75) is 37.8 Å². The molecule has 1 fully saturated rings. The SMILES string of the molecule is Cc1cc(C(=O)N2CCC3(CC2)N[C@H](C(=O)N(C)C)Cc2[nH]cnc23)no1. The van der Waals surface area contributed by atoms with Gasteiger partial charge < -0.3 is 19.3 Å². The van der Waals surface area contributed by atoms with Gasteiger partial charge >= 0.3 is 0 Å². The second-order valence-electron chi connectivity index (χ2n) is 7.56. The first-order valence-corrected chi connectivity index (χ1v) is 9.14. The minimum atomic E-state index is -0.402. The van der Waals surface area contributed by atoms with Gasteiger partial charge in [0.1, 0.15) is 5.76 Å². The maximum absolute atomic E-state index is 12.6. The molecule has 0 bridgehead atoms. The van der Waals surface area contributed by atoms with Gasteiger partial charge in [0, 0.05) is 45.4 Å². The molecule has 2 N–H and O–H groups in total. The summed E-state index contributed by atoms with van der Waals surface area (Å²) in [6.07, 6.45) is 3.65. The standard InChI is InChI=1S/C18H24N6O3/c1-11-8-14(22-27-11)17(26)24-6-4-18(5-7-24)15-12(19-10-20-15)9-13(21-18)16(25)23(2)3/h8,10,13,21H,4-7,9H2,1-3H3,(H,19,20)/t13-/m0/s1. The Balaban J connectivity index is 1.54. The second-order valence-corrected chi connectivity index (χ2v) is 7.56. The summed E-state index contributed by atoms with van der Waals surface area (Å²) in [5.74, 6) is 0.541. The number of carbonyl (C=O) groups is 2. The Morgan fingerprint density at radius 1 is 1.33 bits per heavy atom. The molecule has 4 rings (SSSR count). The van der Waals surface area contributed by atoms with Crippen LogP contribution >= 0.6 is 0 Å². The number of fused-ring (bicyclic) bond motifs is 2. The number of rotatable bonds is 2. The number of amides is 2. The fourth-order valence-corrected chi connectivity index (χ4v) is 4.11. The van der Waals surface area contributed by atoms with Gasteiger partial charge in [-0.1, -0.05) is 5.16 Å². The average Bonchev–Trinajstić information content (AvgIpc) is 3.30. The van der Waals surface area contributed by atoms with Crippen LogP contribution in [-0.2, 0) is 16.8 Å². The number of nitrogens with zero attached hydrogens (tertiary/aromatic N) is 4. The van der Waals surface area contributed by atoms with Crippen LogP contribution in [0.5, 0.6) is 0 Å². The molecule has 9 nitrogen and oxygen atoms in total. The highest BCUT2D eigenvalue weighted by molar-refractivity contribution is 5.92. The molecule has 27 heavy (non-hydrogen) atoms. The molecule has 0 unspecified atom stereocenters. The number of likely N-dealkylation sites (N-methyl/N-ethyl adjacent to an activating group) is 1. The van der Waals surface area contributed by atoms with Gasteiger partial charge in [0.2, 0.25) is 5.91 Å². The van der Waals surface area contributed by atoms with Crippen LogP contribution in [0.3, 0.4) is 0 Å². The smallest absolute Gasteiger partial charge is 0.276 e. The van der Waals surface area contributed by atoms with Crippen molar-refractivity contribution < 1.29 is 14.1 Å². The molecule has 0 saturated carbocycles. The van der Waals surface area contributed by atoms with Crippen LogP contribution in [0.4, 0.5) is 0 Å². The molecule has 2 aliphatic heterocycles. The Morgan fingerprint density at radius 2 is 2.07 bits per heavy atom. The van der Waals surface area contributed by atoms with E-state index in [0.717, 1.165) is 11.4 Å². The van der Waals surface area contributed by atoms with Gasteiger partial charge in [0.15, 0.2) is 5.69 Å². The molecule has 2 aliphatic rings. The molecule has 0 radical (unpaired) electrons. The topological polar surface area (TPSA) is 107 Å². The highest BCUT2D eigenvalue weighted by Crippen LogP contribution is 2.37. The van der Waals surface area contributed by atoms with Crippen molar-refractivity contribution in [3.63, 3.8) is 0 Å². The van der Waals surface area contributed by atoms with E-state index in [2.05, 4.69) is 20.4 Å². The number of aryl methyl sites for hydroxylation is 1. The Bertz CT molecular complexity index is 862. The fourth-order valence-electron chi connectivity index (χ4n) is 4.11. The Morgan fingerprint density at radius 3 is 2.70 bits per heavy atom. The minimum absolute atomic E-state index is 0.0474. The van der Waals surface area contributed by atoms with E-state index in [9.17, 15) is 9.59 Å². The van der Waals surface area contributed by atoms with Gasteiger partial charge in [0.05, 0.1) is 23.6 Å². The van der Waals surface area contributed by atoms with Crippen LogP contribution in [0.1, 0.15) is 40.5 Å². The van der Waals surface area contributed by atoms with Crippen molar-refractivity contribution in [3.8, 4) is 0 Å². The molecule has 1 saturated heterocycles. The summed E-state index contributed by atoms with van der Waals surface area (Å²) in [5, 5.41) is 7.38. The van der Waals surface area contributed by atoms with Crippen LogP contribution in [0, 0.1) is 6.92 Å². The average molecular weight is 372 g/mol. The number of aromatic nitrogens is 3. The lowest BCUT2D eigenvalue weighted by Crippen LogP contribution is -2.61. The largest absolute Gasteiger partial charge is 0.361 e. The van der Waals surface area contributed by atoms with Crippen LogP contribution in [0.2, 0.25) is 0 Å².